The molecule has 1 heterocycles. The van der Waals surface area contributed by atoms with Gasteiger partial charge in [0.15, 0.2) is 6.29 Å². The van der Waals surface area contributed by atoms with Gasteiger partial charge in [-0.15, -0.1) is 0 Å². The maximum atomic E-state index is 12.8. The summed E-state index contributed by atoms with van der Waals surface area (Å²) in [7, 11) is 1.24. The zero-order valence-corrected chi connectivity index (χ0v) is 18.2. The molecule has 0 aliphatic carbocycles. The highest BCUT2D eigenvalue weighted by Gasteiger charge is 2.50. The molecule has 13 heteroatoms. The second-order valence-corrected chi connectivity index (χ2v) is 7.18. The summed E-state index contributed by atoms with van der Waals surface area (Å²) < 4.78 is 64.3. The van der Waals surface area contributed by atoms with E-state index in [2.05, 4.69) is 4.74 Å². The molecule has 0 bridgehead atoms. The van der Waals surface area contributed by atoms with Gasteiger partial charge in [-0.3, -0.25) is 19.2 Å². The van der Waals surface area contributed by atoms with Crippen LogP contribution in [0.25, 0.3) is 0 Å². The molecule has 32 heavy (non-hydrogen) atoms. The highest BCUT2D eigenvalue weighted by Crippen LogP contribution is 2.30. The Hall–Kier alpha value is -2.41. The summed E-state index contributed by atoms with van der Waals surface area (Å²) in [5.74, 6) is -4.90. The Morgan fingerprint density at radius 2 is 1.72 bits per heavy atom. The van der Waals surface area contributed by atoms with Gasteiger partial charge in [0, 0.05) is 32.8 Å². The molecular formula is C19H28F3NO9. The monoisotopic (exact) mass is 471 g/mol. The number of alkyl halides is 3. The van der Waals surface area contributed by atoms with Gasteiger partial charge >= 0.3 is 30.0 Å². The summed E-state index contributed by atoms with van der Waals surface area (Å²) in [6.45, 7) is 3.34. The minimum atomic E-state index is -5.16. The van der Waals surface area contributed by atoms with Gasteiger partial charge in [0.05, 0.1) is 13.2 Å². The van der Waals surface area contributed by atoms with Crippen LogP contribution in [-0.2, 0) is 42.9 Å². The van der Waals surface area contributed by atoms with Gasteiger partial charge < -0.3 is 29.0 Å². The van der Waals surface area contributed by atoms with Crippen molar-refractivity contribution in [3.05, 3.63) is 0 Å². The lowest BCUT2D eigenvalue weighted by atomic mass is 9.88. The van der Waals surface area contributed by atoms with Crippen molar-refractivity contribution in [3.63, 3.8) is 0 Å². The molecule has 0 saturated carbocycles. The molecule has 2 unspecified atom stereocenters. The third-order valence-electron chi connectivity index (χ3n) is 4.65. The molecule has 0 aromatic rings. The third kappa shape index (κ3) is 8.99. The number of hydrogen-bond donors (Lipinski definition) is 1. The largest absolute Gasteiger partial charge is 0.471 e. The molecule has 10 nitrogen and oxygen atoms in total. The number of nitrogens with one attached hydrogen (secondary N) is 1. The van der Waals surface area contributed by atoms with Gasteiger partial charge in [0.2, 0.25) is 0 Å². The number of ether oxygens (including phenoxy) is 5. The summed E-state index contributed by atoms with van der Waals surface area (Å²) in [6, 6.07) is -1.33. The molecule has 5 atom stereocenters. The lowest BCUT2D eigenvalue weighted by molar-refractivity contribution is -0.264. The van der Waals surface area contributed by atoms with E-state index in [9.17, 15) is 32.3 Å². The standard InChI is InChI=1S/C19H28F3NO9/c1-10-15(23-18(27)19(20,21)22)17(29-8-6-5-7-14(26)28-4)32-13(9-30-11(2)24)16(10)31-12(3)25/h10,13,15-17H,5-9H2,1-4H3,(H,23,27)/t10-,13?,15?,16-,17-/m1/s1. The minimum absolute atomic E-state index is 0.00864. The number of hydrogen-bond acceptors (Lipinski definition) is 9. The molecule has 1 fully saturated rings. The zero-order valence-electron chi connectivity index (χ0n) is 18.2. The van der Waals surface area contributed by atoms with Gasteiger partial charge in [-0.2, -0.15) is 13.2 Å². The number of rotatable bonds is 10. The smallest absolute Gasteiger partial charge is 0.469 e. The fraction of sp³-hybridized carbons (Fsp3) is 0.789. The van der Waals surface area contributed by atoms with E-state index in [1.807, 2.05) is 5.32 Å². The van der Waals surface area contributed by atoms with Crippen LogP contribution in [0.5, 0.6) is 0 Å². The van der Waals surface area contributed by atoms with Crippen LogP contribution in [0.15, 0.2) is 0 Å². The maximum Gasteiger partial charge on any atom is 0.471 e. The molecule has 184 valence electrons. The molecule has 1 saturated heterocycles. The highest BCUT2D eigenvalue weighted by atomic mass is 19.4. The van der Waals surface area contributed by atoms with Crippen LogP contribution < -0.4 is 5.32 Å². The molecule has 1 aliphatic heterocycles. The number of carbonyl (C=O) groups excluding carboxylic acids is 4. The fourth-order valence-electron chi connectivity index (χ4n) is 3.08. The zero-order chi connectivity index (χ0) is 24.5. The third-order valence-corrected chi connectivity index (χ3v) is 4.65. The van der Waals surface area contributed by atoms with Crippen molar-refractivity contribution in [2.24, 2.45) is 5.92 Å². The van der Waals surface area contributed by atoms with Crippen LogP contribution in [0.1, 0.15) is 40.0 Å². The van der Waals surface area contributed by atoms with Crippen molar-refractivity contribution >= 4 is 23.8 Å². The number of amides is 1. The number of unbranched alkanes of at least 4 members (excludes halogenated alkanes) is 1. The van der Waals surface area contributed by atoms with Gasteiger partial charge in [0.1, 0.15) is 18.8 Å². The quantitative estimate of drug-likeness (QED) is 0.285. The Labute approximate surface area is 183 Å². The number of esters is 3. The molecular weight excluding hydrogens is 443 g/mol. The molecule has 1 N–H and O–H groups in total. The predicted octanol–water partition coefficient (Wildman–Crippen LogP) is 1.25. The Bertz CT molecular complexity index is 671. The van der Waals surface area contributed by atoms with E-state index < -0.39 is 60.4 Å². The van der Waals surface area contributed by atoms with Gasteiger partial charge in [-0.25, -0.2) is 0 Å². The summed E-state index contributed by atoms with van der Waals surface area (Å²) in [6.07, 6.45) is -7.81. The first-order valence-corrected chi connectivity index (χ1v) is 9.89. The molecule has 0 aromatic heterocycles. The summed E-state index contributed by atoms with van der Waals surface area (Å²) >= 11 is 0. The maximum absolute atomic E-state index is 12.8. The second-order valence-electron chi connectivity index (χ2n) is 7.18. The van der Waals surface area contributed by atoms with Crippen LogP contribution in [0.3, 0.4) is 0 Å². The van der Waals surface area contributed by atoms with Crippen LogP contribution in [-0.4, -0.2) is 74.9 Å². The van der Waals surface area contributed by atoms with E-state index in [0.717, 1.165) is 13.8 Å². The summed E-state index contributed by atoms with van der Waals surface area (Å²) in [4.78, 5) is 45.4. The molecule has 0 radical (unpaired) electrons. The summed E-state index contributed by atoms with van der Waals surface area (Å²) in [5, 5.41) is 1.83. The normalized spacial score (nSPS) is 25.5. The Kier molecular flexibility index (Phi) is 10.9. The number of methoxy groups -OCH3 is 1. The Morgan fingerprint density at radius 3 is 2.25 bits per heavy atom. The van der Waals surface area contributed by atoms with E-state index >= 15 is 0 Å². The van der Waals surface area contributed by atoms with Crippen molar-refractivity contribution in [2.75, 3.05) is 20.3 Å². The van der Waals surface area contributed by atoms with E-state index in [1.54, 1.807) is 0 Å². The molecule has 1 aliphatic rings. The van der Waals surface area contributed by atoms with Gasteiger partial charge in [-0.1, -0.05) is 6.92 Å². The van der Waals surface area contributed by atoms with E-state index in [0.29, 0.717) is 12.8 Å². The minimum Gasteiger partial charge on any atom is -0.469 e. The first-order valence-electron chi connectivity index (χ1n) is 9.89. The molecule has 1 amide bonds. The van der Waals surface area contributed by atoms with Crippen LogP contribution >= 0.6 is 0 Å². The van der Waals surface area contributed by atoms with Crippen molar-refractivity contribution in [3.8, 4) is 0 Å². The van der Waals surface area contributed by atoms with E-state index in [1.165, 1.54) is 14.0 Å². The Balaban J connectivity index is 2.98. The van der Waals surface area contributed by atoms with Crippen LogP contribution in [0.4, 0.5) is 13.2 Å². The lowest BCUT2D eigenvalue weighted by Crippen LogP contribution is -2.63. The predicted molar refractivity (Wildman–Crippen MR) is 99.8 cm³/mol. The topological polar surface area (TPSA) is 126 Å². The van der Waals surface area contributed by atoms with Crippen molar-refractivity contribution in [1.82, 2.24) is 5.32 Å². The average Bonchev–Trinajstić information content (AvgIpc) is 2.69. The number of carbonyl (C=O) groups is 4. The molecule has 0 spiro atoms. The highest BCUT2D eigenvalue weighted by molar-refractivity contribution is 5.82. The van der Waals surface area contributed by atoms with Crippen molar-refractivity contribution in [1.29, 1.82) is 0 Å². The molecule has 1 rings (SSSR count). The fourth-order valence-corrected chi connectivity index (χ4v) is 3.08. The first-order chi connectivity index (χ1) is 14.9. The van der Waals surface area contributed by atoms with Crippen LogP contribution in [0.2, 0.25) is 0 Å². The molecule has 0 aromatic carbocycles. The van der Waals surface area contributed by atoms with E-state index in [4.69, 9.17) is 18.9 Å². The summed E-state index contributed by atoms with van der Waals surface area (Å²) in [5.41, 5.74) is 0. The second kappa shape index (κ2) is 12.6. The lowest BCUT2D eigenvalue weighted by Gasteiger charge is -2.44. The van der Waals surface area contributed by atoms with Crippen LogP contribution in [0, 0.1) is 5.92 Å². The average molecular weight is 471 g/mol. The SMILES string of the molecule is COC(=O)CCCCO[C@@H]1OC(COC(C)=O)[C@H](OC(C)=O)[C@H](C)C1NC(=O)C(F)(F)F. The number of halogens is 3. The Morgan fingerprint density at radius 1 is 1.06 bits per heavy atom. The first kappa shape index (κ1) is 27.6. The van der Waals surface area contributed by atoms with Crippen molar-refractivity contribution in [2.45, 2.75) is 70.7 Å². The van der Waals surface area contributed by atoms with Gasteiger partial charge in [0.25, 0.3) is 0 Å². The van der Waals surface area contributed by atoms with Gasteiger partial charge in [-0.05, 0) is 12.8 Å². The van der Waals surface area contributed by atoms with E-state index in [-0.39, 0.29) is 19.6 Å². The van der Waals surface area contributed by atoms with Crippen molar-refractivity contribution < 1.29 is 56.0 Å².